The number of carbonyl (C=O) groups is 2. The minimum absolute atomic E-state index is 0.123. The summed E-state index contributed by atoms with van der Waals surface area (Å²) in [6.45, 7) is 1.84. The van der Waals surface area contributed by atoms with Gasteiger partial charge >= 0.3 is 0 Å². The van der Waals surface area contributed by atoms with Gasteiger partial charge in [0, 0.05) is 18.5 Å². The fraction of sp³-hybridized carbons (Fsp3) is 0.805. The van der Waals surface area contributed by atoms with Gasteiger partial charge in [0.15, 0.2) is 6.29 Å². The van der Waals surface area contributed by atoms with Crippen LogP contribution in [0.15, 0.2) is 24.3 Å². The zero-order chi connectivity index (χ0) is 39.6. The van der Waals surface area contributed by atoms with Gasteiger partial charge < -0.3 is 55.5 Å². The van der Waals surface area contributed by atoms with Crippen molar-refractivity contribution in [3.8, 4) is 5.75 Å². The summed E-state index contributed by atoms with van der Waals surface area (Å²) in [5.74, 6) is 0.249. The number of amides is 2. The van der Waals surface area contributed by atoms with E-state index in [1.807, 2.05) is 0 Å². The van der Waals surface area contributed by atoms with Gasteiger partial charge in [0.1, 0.15) is 36.3 Å². The molecule has 8 atom stereocenters. The topological polar surface area (TPSA) is 207 Å². The molecule has 0 saturated carbocycles. The summed E-state index contributed by atoms with van der Waals surface area (Å²) < 4.78 is 16.2. The maximum Gasteiger partial charge on any atom is 0.251 e. The van der Waals surface area contributed by atoms with Crippen LogP contribution in [-0.4, -0.2) is 118 Å². The predicted octanol–water partition coefficient (Wildman–Crippen LogP) is 4.27. The van der Waals surface area contributed by atoms with Crippen LogP contribution >= 0.6 is 0 Å². The first-order chi connectivity index (χ1) is 26.1. The Labute approximate surface area is 323 Å². The van der Waals surface area contributed by atoms with E-state index in [-0.39, 0.29) is 24.8 Å². The summed E-state index contributed by atoms with van der Waals surface area (Å²) in [6.07, 6.45) is 9.86. The highest BCUT2D eigenvalue weighted by molar-refractivity contribution is 5.94. The minimum atomic E-state index is -1.63. The fourth-order valence-corrected chi connectivity index (χ4v) is 6.71. The number of benzene rings is 1. The Balaban J connectivity index is 1.73. The Morgan fingerprint density at radius 2 is 1.31 bits per heavy atom. The average Bonchev–Trinajstić information content (AvgIpc) is 3.18. The molecule has 1 saturated heterocycles. The lowest BCUT2D eigenvalue weighted by Gasteiger charge is -2.40. The normalized spacial score (nSPS) is 21.7. The molecular weight excluding hydrogens is 696 g/mol. The first-order valence-corrected chi connectivity index (χ1v) is 20.6. The molecule has 1 fully saturated rings. The fourth-order valence-electron chi connectivity index (χ4n) is 6.71. The summed E-state index contributed by atoms with van der Waals surface area (Å²) >= 11 is 0. The van der Waals surface area contributed by atoms with Gasteiger partial charge in [-0.3, -0.25) is 9.59 Å². The van der Waals surface area contributed by atoms with Crippen LogP contribution in [0.5, 0.6) is 5.75 Å². The largest absolute Gasteiger partial charge is 0.497 e. The lowest BCUT2D eigenvalue weighted by atomic mass is 9.98. The number of ether oxygens (including phenoxy) is 3. The van der Waals surface area contributed by atoms with Gasteiger partial charge in [-0.1, -0.05) is 110 Å². The van der Waals surface area contributed by atoms with Gasteiger partial charge in [-0.25, -0.2) is 0 Å². The summed E-state index contributed by atoms with van der Waals surface area (Å²) in [7, 11) is 1.58. The van der Waals surface area contributed by atoms with Crippen LogP contribution in [0.25, 0.3) is 0 Å². The Bertz CT molecular complexity index is 1110. The van der Waals surface area contributed by atoms with Crippen LogP contribution in [0.1, 0.15) is 146 Å². The number of nitrogens with one attached hydrogen (secondary N) is 2. The molecule has 1 aliphatic heterocycles. The summed E-state index contributed by atoms with van der Waals surface area (Å²) in [5, 5.41) is 67.9. The van der Waals surface area contributed by atoms with E-state index < -0.39 is 55.6 Å². The monoisotopic (exact) mass is 769 g/mol. The molecule has 0 spiro atoms. The van der Waals surface area contributed by atoms with E-state index in [2.05, 4.69) is 17.6 Å². The van der Waals surface area contributed by atoms with Crippen LogP contribution in [0.4, 0.5) is 0 Å². The van der Waals surface area contributed by atoms with Crippen LogP contribution in [0.3, 0.4) is 0 Å². The van der Waals surface area contributed by atoms with E-state index in [0.717, 1.165) is 57.8 Å². The molecule has 1 aliphatic rings. The van der Waals surface area contributed by atoms with E-state index >= 15 is 0 Å². The summed E-state index contributed by atoms with van der Waals surface area (Å²) in [5.41, 5.74) is 0.582. The van der Waals surface area contributed by atoms with Crippen molar-refractivity contribution in [2.24, 2.45) is 0 Å². The van der Waals surface area contributed by atoms with Crippen molar-refractivity contribution < 1.29 is 54.4 Å². The molecule has 8 N–H and O–H groups in total. The Morgan fingerprint density at radius 1 is 0.759 bits per heavy atom. The van der Waals surface area contributed by atoms with Gasteiger partial charge in [-0.15, -0.1) is 0 Å². The SMILES string of the molecule is CCCCCCCCCCCCCC[C@@H](O)[C@@H](O)[C@H](CO[C@H]1OC(CO)[C@H](O)[C@H](O)C1O)NC(=O)CCCCCCCCNC(=O)c1ccc(OC)cc1. The number of unbranched alkanes of at least 4 members (excludes halogenated alkanes) is 16. The molecule has 1 aromatic rings. The average molecular weight is 769 g/mol. The quantitative estimate of drug-likeness (QED) is 0.0501. The lowest BCUT2D eigenvalue weighted by molar-refractivity contribution is -0.303. The number of carbonyl (C=O) groups excluding carboxylic acids is 2. The Kier molecular flexibility index (Phi) is 25.6. The second-order valence-corrected chi connectivity index (χ2v) is 14.8. The molecule has 0 aromatic heterocycles. The molecular formula is C41H72N2O11. The highest BCUT2D eigenvalue weighted by Crippen LogP contribution is 2.23. The third kappa shape index (κ3) is 19.0. The number of methoxy groups -OCH3 is 1. The Hall–Kier alpha value is -2.36. The molecule has 0 aliphatic carbocycles. The minimum Gasteiger partial charge on any atom is -0.497 e. The van der Waals surface area contributed by atoms with Gasteiger partial charge in [-0.05, 0) is 43.5 Å². The molecule has 0 bridgehead atoms. The van der Waals surface area contributed by atoms with Crippen LogP contribution < -0.4 is 15.4 Å². The highest BCUT2D eigenvalue weighted by atomic mass is 16.7. The van der Waals surface area contributed by atoms with E-state index in [1.165, 1.54) is 51.4 Å². The predicted molar refractivity (Wildman–Crippen MR) is 207 cm³/mol. The van der Waals surface area contributed by atoms with Gasteiger partial charge in [0.05, 0.1) is 32.5 Å². The molecule has 13 nitrogen and oxygen atoms in total. The molecule has 2 amide bonds. The van der Waals surface area contributed by atoms with Crippen LogP contribution in [-0.2, 0) is 14.3 Å². The molecule has 1 heterocycles. The second-order valence-electron chi connectivity index (χ2n) is 14.8. The van der Waals surface area contributed by atoms with Crippen molar-refractivity contribution in [3.63, 3.8) is 0 Å². The zero-order valence-electron chi connectivity index (χ0n) is 32.9. The van der Waals surface area contributed by atoms with Gasteiger partial charge in [-0.2, -0.15) is 0 Å². The number of hydrogen-bond acceptors (Lipinski definition) is 11. The first-order valence-electron chi connectivity index (χ1n) is 20.6. The Morgan fingerprint density at radius 3 is 1.89 bits per heavy atom. The third-order valence-corrected chi connectivity index (χ3v) is 10.3. The third-order valence-electron chi connectivity index (χ3n) is 10.3. The van der Waals surface area contributed by atoms with Crippen LogP contribution in [0, 0.1) is 0 Å². The van der Waals surface area contributed by atoms with Crippen molar-refractivity contribution >= 4 is 11.8 Å². The first kappa shape index (κ1) is 47.8. The smallest absolute Gasteiger partial charge is 0.251 e. The molecule has 54 heavy (non-hydrogen) atoms. The molecule has 312 valence electrons. The summed E-state index contributed by atoms with van der Waals surface area (Å²) in [6, 6.07) is 5.91. The van der Waals surface area contributed by atoms with E-state index in [9.17, 15) is 40.2 Å². The lowest BCUT2D eigenvalue weighted by Crippen LogP contribution is -2.60. The van der Waals surface area contributed by atoms with Crippen molar-refractivity contribution in [3.05, 3.63) is 29.8 Å². The highest BCUT2D eigenvalue weighted by Gasteiger charge is 2.44. The maximum atomic E-state index is 13.0. The molecule has 2 unspecified atom stereocenters. The number of rotatable bonds is 31. The number of hydrogen-bond donors (Lipinski definition) is 8. The number of aliphatic hydroxyl groups excluding tert-OH is 6. The standard InChI is InChI=1S/C41H72N2O11/c1-3-4-5-6-7-8-9-10-11-12-15-18-21-33(45)36(47)32(29-53-41-39(50)38(49)37(48)34(28-44)54-41)43-35(46)22-19-16-13-14-17-20-27-42-40(51)30-23-25-31(52-2)26-24-30/h23-26,32-34,36-39,41,44-45,47-50H,3-22,27-29H2,1-2H3,(H,42,51)(H,43,46)/t32-,33+,34?,36-,37-,38-,39?,41-/m0/s1. The molecule has 0 radical (unpaired) electrons. The van der Waals surface area contributed by atoms with Crippen molar-refractivity contribution in [1.29, 1.82) is 0 Å². The van der Waals surface area contributed by atoms with E-state index in [1.54, 1.807) is 31.4 Å². The van der Waals surface area contributed by atoms with E-state index in [0.29, 0.717) is 30.7 Å². The zero-order valence-corrected chi connectivity index (χ0v) is 32.9. The molecule has 1 aromatic carbocycles. The molecule has 13 heteroatoms. The molecule has 2 rings (SSSR count). The number of aliphatic hydroxyl groups is 6. The van der Waals surface area contributed by atoms with Crippen molar-refractivity contribution in [1.82, 2.24) is 10.6 Å². The summed E-state index contributed by atoms with van der Waals surface area (Å²) in [4.78, 5) is 25.2. The second kappa shape index (κ2) is 29.0. The van der Waals surface area contributed by atoms with Crippen molar-refractivity contribution in [2.75, 3.05) is 26.9 Å². The van der Waals surface area contributed by atoms with E-state index in [4.69, 9.17) is 14.2 Å². The van der Waals surface area contributed by atoms with Crippen LogP contribution in [0.2, 0.25) is 0 Å². The van der Waals surface area contributed by atoms with Gasteiger partial charge in [0.2, 0.25) is 5.91 Å². The maximum absolute atomic E-state index is 13.0. The van der Waals surface area contributed by atoms with Crippen molar-refractivity contribution in [2.45, 2.75) is 184 Å². The van der Waals surface area contributed by atoms with Gasteiger partial charge in [0.25, 0.3) is 5.91 Å².